The van der Waals surface area contributed by atoms with Crippen LogP contribution in [0.15, 0.2) is 53.1 Å². The van der Waals surface area contributed by atoms with Gasteiger partial charge in [-0.25, -0.2) is 0 Å². The Labute approximate surface area is 137 Å². The SMILES string of the molecule is Cc1ccc2cnn(CC(=O)NCc3cccc(Br)c3)c2c1. The van der Waals surface area contributed by atoms with Crippen molar-refractivity contribution in [3.63, 3.8) is 0 Å². The number of rotatable bonds is 4. The quantitative estimate of drug-likeness (QED) is 0.777. The molecule has 1 amide bonds. The van der Waals surface area contributed by atoms with Crippen LogP contribution in [0.3, 0.4) is 0 Å². The fraction of sp³-hybridized carbons (Fsp3) is 0.176. The molecule has 1 aromatic heterocycles. The number of hydrogen-bond donors (Lipinski definition) is 1. The molecule has 0 aliphatic rings. The summed E-state index contributed by atoms with van der Waals surface area (Å²) < 4.78 is 2.74. The molecule has 1 heterocycles. The first-order chi connectivity index (χ1) is 10.6. The number of halogens is 1. The number of aromatic nitrogens is 2. The van der Waals surface area contributed by atoms with Crippen molar-refractivity contribution in [1.82, 2.24) is 15.1 Å². The molecular formula is C17H16BrN3O. The van der Waals surface area contributed by atoms with Crippen LogP contribution in [-0.2, 0) is 17.9 Å². The van der Waals surface area contributed by atoms with Crippen LogP contribution in [0.4, 0.5) is 0 Å². The van der Waals surface area contributed by atoms with Gasteiger partial charge in [-0.1, -0.05) is 40.2 Å². The molecule has 1 N–H and O–H groups in total. The molecule has 112 valence electrons. The Hall–Kier alpha value is -2.14. The van der Waals surface area contributed by atoms with E-state index in [-0.39, 0.29) is 12.5 Å². The van der Waals surface area contributed by atoms with Gasteiger partial charge in [0.15, 0.2) is 0 Å². The second-order valence-corrected chi connectivity index (χ2v) is 6.19. The highest BCUT2D eigenvalue weighted by Gasteiger charge is 2.07. The predicted molar refractivity (Wildman–Crippen MR) is 90.5 cm³/mol. The average molecular weight is 358 g/mol. The summed E-state index contributed by atoms with van der Waals surface area (Å²) in [5.74, 6) is -0.0496. The Kier molecular flexibility index (Phi) is 4.24. The highest BCUT2D eigenvalue weighted by Crippen LogP contribution is 2.15. The van der Waals surface area contributed by atoms with E-state index < -0.39 is 0 Å². The molecular weight excluding hydrogens is 342 g/mol. The summed E-state index contributed by atoms with van der Waals surface area (Å²) >= 11 is 3.42. The molecule has 0 saturated carbocycles. The van der Waals surface area contributed by atoms with E-state index in [2.05, 4.69) is 26.3 Å². The molecule has 3 rings (SSSR count). The predicted octanol–water partition coefficient (Wildman–Crippen LogP) is 3.42. The van der Waals surface area contributed by atoms with E-state index in [0.717, 1.165) is 26.5 Å². The van der Waals surface area contributed by atoms with Gasteiger partial charge in [-0.2, -0.15) is 5.10 Å². The molecule has 0 aliphatic carbocycles. The van der Waals surface area contributed by atoms with Crippen LogP contribution in [0.2, 0.25) is 0 Å². The molecule has 5 heteroatoms. The van der Waals surface area contributed by atoms with Crippen molar-refractivity contribution >= 4 is 32.7 Å². The van der Waals surface area contributed by atoms with Crippen molar-refractivity contribution in [2.24, 2.45) is 0 Å². The molecule has 22 heavy (non-hydrogen) atoms. The highest BCUT2D eigenvalue weighted by atomic mass is 79.9. The number of benzene rings is 2. The number of carbonyl (C=O) groups excluding carboxylic acids is 1. The number of carbonyl (C=O) groups is 1. The van der Waals surface area contributed by atoms with Crippen molar-refractivity contribution in [2.75, 3.05) is 0 Å². The fourth-order valence-corrected chi connectivity index (χ4v) is 2.79. The third kappa shape index (κ3) is 3.36. The van der Waals surface area contributed by atoms with Crippen molar-refractivity contribution in [3.05, 3.63) is 64.3 Å². The summed E-state index contributed by atoms with van der Waals surface area (Å²) in [7, 11) is 0. The second kappa shape index (κ2) is 6.32. The topological polar surface area (TPSA) is 46.9 Å². The van der Waals surface area contributed by atoms with E-state index in [0.29, 0.717) is 6.54 Å². The number of nitrogens with zero attached hydrogens (tertiary/aromatic N) is 2. The molecule has 2 aromatic carbocycles. The third-order valence-electron chi connectivity index (χ3n) is 3.47. The summed E-state index contributed by atoms with van der Waals surface area (Å²) in [6, 6.07) is 14.0. The van der Waals surface area contributed by atoms with Crippen molar-refractivity contribution in [2.45, 2.75) is 20.0 Å². The zero-order chi connectivity index (χ0) is 15.5. The Balaban J connectivity index is 1.67. The van der Waals surface area contributed by atoms with Crippen molar-refractivity contribution < 1.29 is 4.79 Å². The van der Waals surface area contributed by atoms with E-state index in [4.69, 9.17) is 0 Å². The maximum absolute atomic E-state index is 12.1. The van der Waals surface area contributed by atoms with Gasteiger partial charge in [0, 0.05) is 16.4 Å². The van der Waals surface area contributed by atoms with Gasteiger partial charge >= 0.3 is 0 Å². The highest BCUT2D eigenvalue weighted by molar-refractivity contribution is 9.10. The molecule has 0 bridgehead atoms. The summed E-state index contributed by atoms with van der Waals surface area (Å²) in [5.41, 5.74) is 3.20. The number of aryl methyl sites for hydroxylation is 1. The first-order valence-electron chi connectivity index (χ1n) is 7.05. The van der Waals surface area contributed by atoms with Crippen molar-refractivity contribution in [3.8, 4) is 0 Å². The lowest BCUT2D eigenvalue weighted by Crippen LogP contribution is -2.27. The summed E-state index contributed by atoms with van der Waals surface area (Å²) in [5, 5.41) is 8.26. The minimum Gasteiger partial charge on any atom is -0.350 e. The lowest BCUT2D eigenvalue weighted by Gasteiger charge is -2.07. The van der Waals surface area contributed by atoms with E-state index in [1.54, 1.807) is 10.9 Å². The smallest absolute Gasteiger partial charge is 0.242 e. The number of fused-ring (bicyclic) bond motifs is 1. The number of amides is 1. The standard InChI is InChI=1S/C17H16BrN3O/c1-12-5-6-14-10-20-21(16(14)7-12)11-17(22)19-9-13-3-2-4-15(18)8-13/h2-8,10H,9,11H2,1H3,(H,19,22). The maximum Gasteiger partial charge on any atom is 0.242 e. The third-order valence-corrected chi connectivity index (χ3v) is 3.97. The van der Waals surface area contributed by atoms with E-state index in [1.165, 1.54) is 0 Å². The molecule has 3 aromatic rings. The van der Waals surface area contributed by atoms with Gasteiger partial charge in [-0.15, -0.1) is 0 Å². The van der Waals surface area contributed by atoms with Crippen LogP contribution in [-0.4, -0.2) is 15.7 Å². The van der Waals surface area contributed by atoms with Gasteiger partial charge in [-0.05, 0) is 36.2 Å². The van der Waals surface area contributed by atoms with Crippen LogP contribution in [0, 0.1) is 6.92 Å². The molecule has 0 aliphatic heterocycles. The Morgan fingerprint density at radius 2 is 2.14 bits per heavy atom. The Morgan fingerprint density at radius 3 is 2.95 bits per heavy atom. The largest absolute Gasteiger partial charge is 0.350 e. The lowest BCUT2D eigenvalue weighted by molar-refractivity contribution is -0.121. The first kappa shape index (κ1) is 14.8. The van der Waals surface area contributed by atoms with Gasteiger partial charge in [0.25, 0.3) is 0 Å². The Morgan fingerprint density at radius 1 is 1.27 bits per heavy atom. The van der Waals surface area contributed by atoms with Gasteiger partial charge in [0.05, 0.1) is 11.7 Å². The summed E-state index contributed by atoms with van der Waals surface area (Å²) in [4.78, 5) is 12.1. The summed E-state index contributed by atoms with van der Waals surface area (Å²) in [6.45, 7) is 2.77. The van der Waals surface area contributed by atoms with Gasteiger partial charge in [0.1, 0.15) is 6.54 Å². The minimum absolute atomic E-state index is 0.0496. The molecule has 0 saturated heterocycles. The maximum atomic E-state index is 12.1. The minimum atomic E-state index is -0.0496. The number of hydrogen-bond acceptors (Lipinski definition) is 2. The normalized spacial score (nSPS) is 10.8. The zero-order valence-corrected chi connectivity index (χ0v) is 13.8. The second-order valence-electron chi connectivity index (χ2n) is 5.27. The van der Waals surface area contributed by atoms with E-state index in [9.17, 15) is 4.79 Å². The molecule has 0 atom stereocenters. The first-order valence-corrected chi connectivity index (χ1v) is 7.84. The van der Waals surface area contributed by atoms with Gasteiger partial charge in [0.2, 0.25) is 5.91 Å². The lowest BCUT2D eigenvalue weighted by atomic mass is 10.2. The van der Waals surface area contributed by atoms with E-state index in [1.807, 2.05) is 49.4 Å². The average Bonchev–Trinajstić information content (AvgIpc) is 2.88. The van der Waals surface area contributed by atoms with Crippen LogP contribution >= 0.6 is 15.9 Å². The molecule has 0 fully saturated rings. The monoisotopic (exact) mass is 357 g/mol. The Bertz CT molecular complexity index is 826. The van der Waals surface area contributed by atoms with E-state index >= 15 is 0 Å². The molecule has 4 nitrogen and oxygen atoms in total. The van der Waals surface area contributed by atoms with Crippen molar-refractivity contribution in [1.29, 1.82) is 0 Å². The van der Waals surface area contributed by atoms with Gasteiger partial charge < -0.3 is 5.32 Å². The number of nitrogens with one attached hydrogen (secondary N) is 1. The van der Waals surface area contributed by atoms with Crippen LogP contribution < -0.4 is 5.32 Å². The van der Waals surface area contributed by atoms with Gasteiger partial charge in [-0.3, -0.25) is 9.48 Å². The fourth-order valence-electron chi connectivity index (χ4n) is 2.35. The summed E-state index contributed by atoms with van der Waals surface area (Å²) in [6.07, 6.45) is 1.79. The van der Waals surface area contributed by atoms with Crippen LogP contribution in [0.1, 0.15) is 11.1 Å². The van der Waals surface area contributed by atoms with Crippen LogP contribution in [0.25, 0.3) is 10.9 Å². The molecule has 0 unspecified atom stereocenters. The molecule has 0 radical (unpaired) electrons. The van der Waals surface area contributed by atoms with Crippen LogP contribution in [0.5, 0.6) is 0 Å². The molecule has 0 spiro atoms. The zero-order valence-electron chi connectivity index (χ0n) is 12.2.